The van der Waals surface area contributed by atoms with Crippen LogP contribution in [0.1, 0.15) is 18.5 Å². The second-order valence-corrected chi connectivity index (χ2v) is 8.72. The largest absolute Gasteiger partial charge is 0.467 e. The molecule has 10 heteroatoms. The smallest absolute Gasteiger partial charge is 0.318 e. The Kier molecular flexibility index (Phi) is 6.09. The van der Waals surface area contributed by atoms with Gasteiger partial charge in [0.1, 0.15) is 23.0 Å². The van der Waals surface area contributed by atoms with Gasteiger partial charge in [-0.15, -0.1) is 0 Å². The summed E-state index contributed by atoms with van der Waals surface area (Å²) >= 11 is 0. The van der Waals surface area contributed by atoms with Crippen molar-refractivity contribution in [3.63, 3.8) is 0 Å². The lowest BCUT2D eigenvalue weighted by Crippen LogP contribution is -2.25. The molecular formula is C24H26F2N6O2. The van der Waals surface area contributed by atoms with E-state index in [1.165, 1.54) is 19.4 Å². The Bertz CT molecular complexity index is 1290. The monoisotopic (exact) mass is 468 g/mol. The number of aryl methyl sites for hydroxylation is 1. The molecule has 8 nitrogen and oxygen atoms in total. The predicted octanol–water partition coefficient (Wildman–Crippen LogP) is 3.62. The molecule has 0 bridgehead atoms. The molecule has 2 atom stereocenters. The van der Waals surface area contributed by atoms with Gasteiger partial charge in [-0.05, 0) is 26.5 Å². The summed E-state index contributed by atoms with van der Waals surface area (Å²) in [5.41, 5.74) is 2.57. The standard InChI is InChI=1S/C24H26F2N6O2/c1-14-21-23(30-24(28-14)33-3)32(22(29-21)16-8-17(25)11-27-10-16)12-15-4-5-18(9-20(15)26)34-19-6-7-31(2)13-19/h4-5,8,10-11,18-19H,6-7,9,12-13H2,1-3H3. The van der Waals surface area contributed by atoms with Gasteiger partial charge in [0.15, 0.2) is 5.65 Å². The maximum absolute atomic E-state index is 15.2. The number of allylic oxidation sites excluding steroid dienone is 2. The van der Waals surface area contributed by atoms with Gasteiger partial charge in [-0.3, -0.25) is 4.98 Å². The summed E-state index contributed by atoms with van der Waals surface area (Å²) in [5.74, 6) is -0.313. The van der Waals surface area contributed by atoms with Gasteiger partial charge >= 0.3 is 6.01 Å². The van der Waals surface area contributed by atoms with Crippen molar-refractivity contribution in [2.75, 3.05) is 27.2 Å². The van der Waals surface area contributed by atoms with E-state index in [0.717, 1.165) is 25.7 Å². The molecule has 0 radical (unpaired) electrons. The van der Waals surface area contributed by atoms with Crippen LogP contribution in [0.2, 0.25) is 0 Å². The first-order valence-electron chi connectivity index (χ1n) is 11.2. The summed E-state index contributed by atoms with van der Waals surface area (Å²) in [5, 5.41) is 0. The highest BCUT2D eigenvalue weighted by Gasteiger charge is 2.26. The van der Waals surface area contributed by atoms with Crippen molar-refractivity contribution in [1.82, 2.24) is 29.4 Å². The number of pyridine rings is 1. The molecule has 0 N–H and O–H groups in total. The second-order valence-electron chi connectivity index (χ2n) is 8.72. The van der Waals surface area contributed by atoms with Gasteiger partial charge in [0.25, 0.3) is 0 Å². The van der Waals surface area contributed by atoms with Crippen LogP contribution in [0.4, 0.5) is 8.78 Å². The minimum absolute atomic E-state index is 0.116. The van der Waals surface area contributed by atoms with Crippen molar-refractivity contribution >= 4 is 11.2 Å². The number of methoxy groups -OCH3 is 1. The number of halogens is 2. The van der Waals surface area contributed by atoms with Gasteiger partial charge in [-0.1, -0.05) is 12.2 Å². The Hall–Kier alpha value is -3.24. The average Bonchev–Trinajstić information content (AvgIpc) is 3.39. The number of ether oxygens (including phenoxy) is 2. The van der Waals surface area contributed by atoms with Crippen molar-refractivity contribution < 1.29 is 18.3 Å². The van der Waals surface area contributed by atoms with Gasteiger partial charge in [-0.25, -0.2) is 13.8 Å². The summed E-state index contributed by atoms with van der Waals surface area (Å²) in [7, 11) is 3.53. The zero-order chi connectivity index (χ0) is 23.8. The first-order chi connectivity index (χ1) is 16.4. The third-order valence-electron chi connectivity index (χ3n) is 6.18. The minimum Gasteiger partial charge on any atom is -0.467 e. The van der Waals surface area contributed by atoms with Crippen LogP contribution in [0, 0.1) is 12.7 Å². The fourth-order valence-electron chi connectivity index (χ4n) is 4.45. The molecule has 0 aromatic carbocycles. The number of imidazole rings is 1. The third kappa shape index (κ3) is 4.43. The van der Waals surface area contributed by atoms with Crippen LogP contribution in [0.5, 0.6) is 6.01 Å². The lowest BCUT2D eigenvalue weighted by atomic mass is 10.0. The van der Waals surface area contributed by atoms with Crippen molar-refractivity contribution in [3.05, 3.63) is 53.5 Å². The van der Waals surface area contributed by atoms with Gasteiger partial charge in [0.05, 0.1) is 37.8 Å². The number of rotatable bonds is 6. The molecule has 0 saturated carbocycles. The van der Waals surface area contributed by atoms with E-state index in [2.05, 4.69) is 31.9 Å². The molecule has 3 aromatic heterocycles. The van der Waals surface area contributed by atoms with Crippen LogP contribution in [-0.4, -0.2) is 68.9 Å². The molecule has 2 aliphatic rings. The lowest BCUT2D eigenvalue weighted by Gasteiger charge is -2.23. The first kappa shape index (κ1) is 22.5. The van der Waals surface area contributed by atoms with Gasteiger partial charge in [0, 0.05) is 36.8 Å². The zero-order valence-electron chi connectivity index (χ0n) is 19.3. The number of hydrogen-bond donors (Lipinski definition) is 0. The SMILES string of the molecule is COc1nc(C)c2nc(-c3cncc(F)c3)n(CC3=C(F)CC(OC4CCN(C)C4)C=C3)c2n1. The van der Waals surface area contributed by atoms with Crippen LogP contribution in [0.25, 0.3) is 22.6 Å². The fourth-order valence-corrected chi connectivity index (χ4v) is 4.45. The molecule has 2 unspecified atom stereocenters. The van der Waals surface area contributed by atoms with Crippen molar-refractivity contribution in [2.24, 2.45) is 0 Å². The van der Waals surface area contributed by atoms with Crippen LogP contribution < -0.4 is 4.74 Å². The topological polar surface area (TPSA) is 78.2 Å². The Morgan fingerprint density at radius 3 is 2.74 bits per heavy atom. The maximum atomic E-state index is 15.2. The van der Waals surface area contributed by atoms with Crippen molar-refractivity contribution in [1.29, 1.82) is 0 Å². The van der Waals surface area contributed by atoms with Crippen LogP contribution in [0.3, 0.4) is 0 Å². The molecule has 3 aromatic rings. The number of hydrogen-bond acceptors (Lipinski definition) is 7. The van der Waals surface area contributed by atoms with E-state index >= 15 is 4.39 Å². The Labute approximate surface area is 196 Å². The molecule has 178 valence electrons. The molecule has 1 aliphatic heterocycles. The summed E-state index contributed by atoms with van der Waals surface area (Å²) < 4.78 is 42.3. The predicted molar refractivity (Wildman–Crippen MR) is 122 cm³/mol. The molecule has 0 spiro atoms. The fraction of sp³-hybridized carbons (Fsp3) is 0.417. The summed E-state index contributed by atoms with van der Waals surface area (Å²) in [6.45, 7) is 3.79. The number of aromatic nitrogens is 5. The summed E-state index contributed by atoms with van der Waals surface area (Å²) in [6.07, 6.45) is 7.25. The zero-order valence-corrected chi connectivity index (χ0v) is 19.3. The second kappa shape index (κ2) is 9.19. The van der Waals surface area contributed by atoms with Crippen LogP contribution >= 0.6 is 0 Å². The molecule has 34 heavy (non-hydrogen) atoms. The maximum Gasteiger partial charge on any atom is 0.318 e. The number of likely N-dealkylation sites (N-methyl/N-ethyl adjacent to an activating group) is 1. The molecule has 1 saturated heterocycles. The highest BCUT2D eigenvalue weighted by molar-refractivity contribution is 5.79. The Morgan fingerprint density at radius 2 is 2.03 bits per heavy atom. The van der Waals surface area contributed by atoms with E-state index < -0.39 is 5.82 Å². The quantitative estimate of drug-likeness (QED) is 0.547. The van der Waals surface area contributed by atoms with E-state index in [1.54, 1.807) is 17.6 Å². The molecule has 5 rings (SSSR count). The van der Waals surface area contributed by atoms with E-state index in [-0.39, 0.29) is 37.0 Å². The third-order valence-corrected chi connectivity index (χ3v) is 6.18. The Balaban J connectivity index is 1.49. The van der Waals surface area contributed by atoms with Gasteiger partial charge in [0.2, 0.25) is 0 Å². The average molecular weight is 469 g/mol. The molecule has 1 fully saturated rings. The number of likely N-dealkylation sites (tertiary alicyclic amines) is 1. The lowest BCUT2D eigenvalue weighted by molar-refractivity contribution is 0.0175. The highest BCUT2D eigenvalue weighted by atomic mass is 19.1. The highest BCUT2D eigenvalue weighted by Crippen LogP contribution is 2.31. The van der Waals surface area contributed by atoms with Gasteiger partial charge in [-0.2, -0.15) is 9.97 Å². The van der Waals surface area contributed by atoms with E-state index in [4.69, 9.17) is 9.47 Å². The number of fused-ring (bicyclic) bond motifs is 1. The minimum atomic E-state index is -0.489. The Morgan fingerprint density at radius 1 is 1.18 bits per heavy atom. The van der Waals surface area contributed by atoms with Gasteiger partial charge < -0.3 is 18.9 Å². The summed E-state index contributed by atoms with van der Waals surface area (Å²) in [4.78, 5) is 19.6. The van der Waals surface area contributed by atoms with Crippen LogP contribution in [0.15, 0.2) is 42.0 Å². The van der Waals surface area contributed by atoms with E-state index in [1.807, 2.05) is 6.08 Å². The molecule has 0 amide bonds. The van der Waals surface area contributed by atoms with E-state index in [9.17, 15) is 4.39 Å². The molecule has 1 aliphatic carbocycles. The molecule has 4 heterocycles. The first-order valence-corrected chi connectivity index (χ1v) is 11.2. The van der Waals surface area contributed by atoms with Crippen LogP contribution in [-0.2, 0) is 11.3 Å². The molecular weight excluding hydrogens is 442 g/mol. The normalized spacial score (nSPS) is 21.1. The number of nitrogens with zero attached hydrogens (tertiary/aromatic N) is 6. The van der Waals surface area contributed by atoms with Crippen molar-refractivity contribution in [3.8, 4) is 17.4 Å². The van der Waals surface area contributed by atoms with Crippen molar-refractivity contribution in [2.45, 2.75) is 38.5 Å². The summed E-state index contributed by atoms with van der Waals surface area (Å²) in [6, 6.07) is 1.52. The van der Waals surface area contributed by atoms with E-state index in [0.29, 0.717) is 33.8 Å².